The molecule has 1 unspecified atom stereocenters. The van der Waals surface area contributed by atoms with Crippen LogP contribution in [0.4, 0.5) is 0 Å². The predicted octanol–water partition coefficient (Wildman–Crippen LogP) is 5.17. The van der Waals surface area contributed by atoms with Crippen molar-refractivity contribution < 1.29 is 5.11 Å². The molecule has 27 heavy (non-hydrogen) atoms. The molecule has 2 aliphatic carbocycles. The summed E-state index contributed by atoms with van der Waals surface area (Å²) in [5.41, 5.74) is 1.12. The molecule has 0 saturated heterocycles. The van der Waals surface area contributed by atoms with E-state index < -0.39 is 0 Å². The Balaban J connectivity index is 1.84. The Hall–Kier alpha value is -2.10. The van der Waals surface area contributed by atoms with Gasteiger partial charge in [-0.25, -0.2) is 0 Å². The molecule has 4 nitrogen and oxygen atoms in total. The largest absolute Gasteiger partial charge is 0.493 e. The highest BCUT2D eigenvalue weighted by Gasteiger charge is 2.32. The molecule has 2 saturated carbocycles. The minimum absolute atomic E-state index is 0.0771. The van der Waals surface area contributed by atoms with E-state index in [0.29, 0.717) is 5.92 Å². The van der Waals surface area contributed by atoms with Crippen LogP contribution < -0.4 is 5.56 Å². The number of benzene rings is 1. The zero-order chi connectivity index (χ0) is 18.6. The first-order chi connectivity index (χ1) is 13.2. The van der Waals surface area contributed by atoms with Gasteiger partial charge in [0.15, 0.2) is 0 Å². The Bertz CT molecular complexity index is 803. The second-order valence-corrected chi connectivity index (χ2v) is 8.26. The first-order valence-corrected chi connectivity index (χ1v) is 10.6. The van der Waals surface area contributed by atoms with Gasteiger partial charge in [-0.15, -0.1) is 0 Å². The lowest BCUT2D eigenvalue weighted by Crippen LogP contribution is -2.33. The van der Waals surface area contributed by atoms with Crippen molar-refractivity contribution in [2.75, 3.05) is 0 Å². The molecule has 4 heteroatoms. The fourth-order valence-corrected chi connectivity index (χ4v) is 5.18. The Labute approximate surface area is 161 Å². The lowest BCUT2D eigenvalue weighted by molar-refractivity contribution is 0.285. The van der Waals surface area contributed by atoms with Crippen LogP contribution in [0.25, 0.3) is 0 Å². The average Bonchev–Trinajstić information content (AvgIpc) is 2.70. The van der Waals surface area contributed by atoms with Crippen LogP contribution in [0.3, 0.4) is 0 Å². The normalized spacial score (nSPS) is 20.4. The highest BCUT2D eigenvalue weighted by atomic mass is 16.3. The summed E-state index contributed by atoms with van der Waals surface area (Å²) in [6.07, 6.45) is 11.7. The van der Waals surface area contributed by atoms with Gasteiger partial charge in [-0.05, 0) is 37.2 Å². The average molecular weight is 367 g/mol. The molecular formula is C23H30N2O2. The van der Waals surface area contributed by atoms with Crippen molar-refractivity contribution in [1.82, 2.24) is 9.55 Å². The van der Waals surface area contributed by atoms with E-state index in [1.165, 1.54) is 37.3 Å². The van der Waals surface area contributed by atoms with Gasteiger partial charge in [0.05, 0.1) is 6.07 Å². The third-order valence-electron chi connectivity index (χ3n) is 6.46. The number of aromatic nitrogens is 2. The van der Waals surface area contributed by atoms with Crippen LogP contribution >= 0.6 is 0 Å². The minimum Gasteiger partial charge on any atom is -0.493 e. The van der Waals surface area contributed by atoms with Crippen LogP contribution in [0, 0.1) is 5.92 Å². The van der Waals surface area contributed by atoms with E-state index in [-0.39, 0.29) is 23.4 Å². The van der Waals surface area contributed by atoms with E-state index in [1.807, 2.05) is 10.6 Å². The summed E-state index contributed by atoms with van der Waals surface area (Å²) in [4.78, 5) is 17.5. The second kappa shape index (κ2) is 8.28. The molecule has 0 spiro atoms. The first kappa shape index (κ1) is 18.3. The van der Waals surface area contributed by atoms with E-state index >= 15 is 0 Å². The molecule has 0 bridgehead atoms. The van der Waals surface area contributed by atoms with Gasteiger partial charge in [-0.3, -0.25) is 9.36 Å². The zero-order valence-corrected chi connectivity index (χ0v) is 16.0. The highest BCUT2D eigenvalue weighted by molar-refractivity contribution is 5.29. The minimum atomic E-state index is -0.140. The van der Waals surface area contributed by atoms with Crippen molar-refractivity contribution in [3.8, 4) is 5.88 Å². The molecule has 2 aromatic rings. The molecule has 1 aromatic carbocycles. The number of hydrogen-bond acceptors (Lipinski definition) is 3. The second-order valence-electron chi connectivity index (χ2n) is 8.26. The summed E-state index contributed by atoms with van der Waals surface area (Å²) in [5.74, 6) is 1.20. The molecule has 0 aliphatic heterocycles. The van der Waals surface area contributed by atoms with E-state index in [2.05, 4.69) is 29.2 Å². The smallest absolute Gasteiger partial charge is 0.257 e. The Kier molecular flexibility index (Phi) is 5.61. The lowest BCUT2D eigenvalue weighted by atomic mass is 9.76. The van der Waals surface area contributed by atoms with E-state index in [4.69, 9.17) is 0 Å². The molecule has 1 N–H and O–H groups in total. The summed E-state index contributed by atoms with van der Waals surface area (Å²) in [5, 5.41) is 10.2. The van der Waals surface area contributed by atoms with Crippen molar-refractivity contribution >= 4 is 0 Å². The third kappa shape index (κ3) is 3.95. The van der Waals surface area contributed by atoms with Crippen molar-refractivity contribution in [1.29, 1.82) is 0 Å². The molecular weight excluding hydrogens is 336 g/mol. The van der Waals surface area contributed by atoms with Crippen molar-refractivity contribution in [3.05, 3.63) is 58.1 Å². The number of aromatic hydroxyl groups is 1. The third-order valence-corrected chi connectivity index (χ3v) is 6.46. The number of hydrogen-bond donors (Lipinski definition) is 1. The SMILES string of the molecule is O=c1cc(O)nc(C(c2ccccc2)C2CCCCC2)n1C1CCCCC1. The predicted molar refractivity (Wildman–Crippen MR) is 107 cm³/mol. The van der Waals surface area contributed by atoms with Gasteiger partial charge in [0.1, 0.15) is 5.82 Å². The summed E-state index contributed by atoms with van der Waals surface area (Å²) < 4.78 is 1.94. The molecule has 1 aromatic heterocycles. The maximum Gasteiger partial charge on any atom is 0.257 e. The Morgan fingerprint density at radius 1 is 0.926 bits per heavy atom. The van der Waals surface area contributed by atoms with Crippen molar-refractivity contribution in [2.24, 2.45) is 5.92 Å². The van der Waals surface area contributed by atoms with Crippen LogP contribution in [0.2, 0.25) is 0 Å². The standard InChI is InChI=1S/C23H30N2O2/c26-20-16-21(27)25(19-14-8-3-9-15-19)23(24-20)22(17-10-4-1-5-11-17)18-12-6-2-7-13-18/h1,4-5,10-11,16,18-19,22,26H,2-3,6-9,12-15H2. The summed E-state index contributed by atoms with van der Waals surface area (Å²) in [6.45, 7) is 0. The van der Waals surface area contributed by atoms with Gasteiger partial charge in [-0.1, -0.05) is 68.9 Å². The molecule has 2 fully saturated rings. The molecule has 144 valence electrons. The van der Waals surface area contributed by atoms with Gasteiger partial charge < -0.3 is 5.11 Å². The molecule has 1 atom stereocenters. The van der Waals surface area contributed by atoms with Crippen molar-refractivity contribution in [2.45, 2.75) is 76.2 Å². The van der Waals surface area contributed by atoms with Crippen LogP contribution in [0.5, 0.6) is 5.88 Å². The molecule has 2 aliphatic rings. The summed E-state index contributed by atoms with van der Waals surface area (Å²) in [6, 6.07) is 12.0. The van der Waals surface area contributed by atoms with E-state index in [9.17, 15) is 9.90 Å². The van der Waals surface area contributed by atoms with Gasteiger partial charge in [0, 0.05) is 12.0 Å². The highest BCUT2D eigenvalue weighted by Crippen LogP contribution is 2.41. The fraction of sp³-hybridized carbons (Fsp3) is 0.565. The van der Waals surface area contributed by atoms with Crippen LogP contribution in [0.15, 0.2) is 41.2 Å². The maximum absolute atomic E-state index is 12.9. The van der Waals surface area contributed by atoms with Gasteiger partial charge in [-0.2, -0.15) is 4.98 Å². The van der Waals surface area contributed by atoms with Gasteiger partial charge in [0.25, 0.3) is 5.56 Å². The molecule has 0 radical (unpaired) electrons. The zero-order valence-electron chi connectivity index (χ0n) is 16.0. The monoisotopic (exact) mass is 366 g/mol. The van der Waals surface area contributed by atoms with E-state index in [0.717, 1.165) is 44.3 Å². The topological polar surface area (TPSA) is 55.1 Å². The van der Waals surface area contributed by atoms with E-state index in [1.54, 1.807) is 0 Å². The number of nitrogens with zero attached hydrogens (tertiary/aromatic N) is 2. The van der Waals surface area contributed by atoms with Gasteiger partial charge >= 0.3 is 0 Å². The van der Waals surface area contributed by atoms with Crippen LogP contribution in [0.1, 0.15) is 87.6 Å². The molecule has 1 heterocycles. The maximum atomic E-state index is 12.9. The summed E-state index contributed by atoms with van der Waals surface area (Å²) >= 11 is 0. The van der Waals surface area contributed by atoms with Crippen LogP contribution in [-0.2, 0) is 0 Å². The quantitative estimate of drug-likeness (QED) is 0.812. The van der Waals surface area contributed by atoms with Crippen LogP contribution in [-0.4, -0.2) is 14.7 Å². The molecule has 0 amide bonds. The van der Waals surface area contributed by atoms with Crippen molar-refractivity contribution in [3.63, 3.8) is 0 Å². The first-order valence-electron chi connectivity index (χ1n) is 10.6. The summed E-state index contributed by atoms with van der Waals surface area (Å²) in [7, 11) is 0. The Morgan fingerprint density at radius 2 is 1.56 bits per heavy atom. The lowest BCUT2D eigenvalue weighted by Gasteiger charge is -2.34. The number of rotatable bonds is 4. The van der Waals surface area contributed by atoms with Gasteiger partial charge in [0.2, 0.25) is 5.88 Å². The Morgan fingerprint density at radius 3 is 2.22 bits per heavy atom. The molecule has 4 rings (SSSR count). The fourth-order valence-electron chi connectivity index (χ4n) is 5.18.